The number of hydrogen-bond acceptors (Lipinski definition) is 9. The maximum atomic E-state index is 13.5. The van der Waals surface area contributed by atoms with Crippen molar-refractivity contribution in [3.63, 3.8) is 0 Å². The summed E-state index contributed by atoms with van der Waals surface area (Å²) in [6, 6.07) is 17.3. The van der Waals surface area contributed by atoms with Gasteiger partial charge >= 0.3 is 11.9 Å². The molecule has 0 aliphatic carbocycles. The highest BCUT2D eigenvalue weighted by Crippen LogP contribution is 2.35. The first-order chi connectivity index (χ1) is 22.9. The summed E-state index contributed by atoms with van der Waals surface area (Å²) >= 11 is 0. The number of nitrogens with one attached hydrogen (secondary N) is 1. The van der Waals surface area contributed by atoms with Gasteiger partial charge in [0.05, 0.1) is 37.0 Å². The van der Waals surface area contributed by atoms with Crippen molar-refractivity contribution >= 4 is 32.7 Å². The molecule has 1 aliphatic heterocycles. The van der Waals surface area contributed by atoms with Gasteiger partial charge in [0.1, 0.15) is 5.75 Å². The molecule has 48 heavy (non-hydrogen) atoms. The van der Waals surface area contributed by atoms with E-state index in [-0.39, 0.29) is 16.2 Å². The zero-order valence-electron chi connectivity index (χ0n) is 27.4. The van der Waals surface area contributed by atoms with Crippen LogP contribution in [0.1, 0.15) is 31.4 Å². The largest absolute Gasteiger partial charge is 0.494 e. The maximum Gasteiger partial charge on any atom is 0.340 e. The Morgan fingerprint density at radius 2 is 1.67 bits per heavy atom. The van der Waals surface area contributed by atoms with E-state index in [1.165, 1.54) is 43.3 Å². The Kier molecular flexibility index (Phi) is 10.4. The molecular weight excluding hydrogens is 636 g/mol. The molecule has 11 nitrogen and oxygen atoms in total. The van der Waals surface area contributed by atoms with Crippen molar-refractivity contribution in [3.05, 3.63) is 89.6 Å². The molecule has 0 amide bonds. The van der Waals surface area contributed by atoms with Gasteiger partial charge in [0.15, 0.2) is 27.1 Å². The Morgan fingerprint density at radius 1 is 0.979 bits per heavy atom. The SMILES string of the molecule is COc1cc2c(cc1OC)CN(CCCOc1ccc(S(=O)(=O)CC(C)(C)/C(=C\C(=O)O)C(=O)Oc3c[nH]c4ccccc34)cc1)CC2. The number of aromatic amines is 1. The van der Waals surface area contributed by atoms with Gasteiger partial charge in [-0.1, -0.05) is 26.0 Å². The Labute approximate surface area is 280 Å². The summed E-state index contributed by atoms with van der Waals surface area (Å²) in [4.78, 5) is 30.3. The van der Waals surface area contributed by atoms with E-state index >= 15 is 0 Å². The first kappa shape index (κ1) is 34.5. The molecule has 3 aromatic carbocycles. The summed E-state index contributed by atoms with van der Waals surface area (Å²) in [5.74, 6) is -0.662. The third kappa shape index (κ3) is 8.00. The lowest BCUT2D eigenvalue weighted by atomic mass is 9.86. The number of aliphatic carboxylic acids is 1. The van der Waals surface area contributed by atoms with Gasteiger partial charge < -0.3 is 29.0 Å². The van der Waals surface area contributed by atoms with Crippen LogP contribution in [0.3, 0.4) is 0 Å². The van der Waals surface area contributed by atoms with E-state index < -0.39 is 32.9 Å². The van der Waals surface area contributed by atoms with Crippen LogP contribution in [-0.2, 0) is 32.4 Å². The molecule has 2 heterocycles. The van der Waals surface area contributed by atoms with Crippen molar-refractivity contribution < 1.29 is 42.1 Å². The Bertz CT molecular complexity index is 1930. The molecule has 1 aromatic heterocycles. The molecule has 4 aromatic rings. The lowest BCUT2D eigenvalue weighted by Gasteiger charge is -2.29. The lowest BCUT2D eigenvalue weighted by Crippen LogP contribution is -2.32. The van der Waals surface area contributed by atoms with Crippen LogP contribution in [-0.4, -0.2) is 75.0 Å². The number of hydrogen-bond donors (Lipinski definition) is 2. The number of nitrogens with zero attached hydrogens (tertiary/aromatic N) is 1. The second kappa shape index (κ2) is 14.5. The van der Waals surface area contributed by atoms with Crippen LogP contribution >= 0.6 is 0 Å². The first-order valence-electron chi connectivity index (χ1n) is 15.6. The molecule has 0 saturated carbocycles. The molecular formula is C36H40N2O9S. The van der Waals surface area contributed by atoms with Gasteiger partial charge in [-0.2, -0.15) is 0 Å². The zero-order chi connectivity index (χ0) is 34.5. The smallest absolute Gasteiger partial charge is 0.340 e. The highest BCUT2D eigenvalue weighted by molar-refractivity contribution is 7.91. The van der Waals surface area contributed by atoms with Crippen molar-refractivity contribution in [3.8, 4) is 23.0 Å². The monoisotopic (exact) mass is 676 g/mol. The molecule has 5 rings (SSSR count). The number of para-hydroxylation sites is 1. The fourth-order valence-corrected chi connectivity index (χ4v) is 7.75. The highest BCUT2D eigenvalue weighted by atomic mass is 32.2. The van der Waals surface area contributed by atoms with Crippen molar-refractivity contribution in [2.45, 2.75) is 38.1 Å². The molecule has 0 unspecified atom stereocenters. The van der Waals surface area contributed by atoms with E-state index in [0.29, 0.717) is 23.8 Å². The molecule has 0 saturated heterocycles. The summed E-state index contributed by atoms with van der Waals surface area (Å²) in [7, 11) is -0.677. The lowest BCUT2D eigenvalue weighted by molar-refractivity contribution is -0.134. The molecule has 0 radical (unpaired) electrons. The van der Waals surface area contributed by atoms with Gasteiger partial charge in [-0.05, 0) is 72.5 Å². The van der Waals surface area contributed by atoms with Gasteiger partial charge in [-0.25, -0.2) is 18.0 Å². The number of carbonyl (C=O) groups excluding carboxylic acids is 1. The number of methoxy groups -OCH3 is 2. The first-order valence-corrected chi connectivity index (χ1v) is 17.2. The molecule has 254 valence electrons. The minimum atomic E-state index is -3.95. The van der Waals surface area contributed by atoms with Crippen LogP contribution in [0.2, 0.25) is 0 Å². The number of sulfone groups is 1. The second-order valence-corrected chi connectivity index (χ2v) is 14.3. The van der Waals surface area contributed by atoms with E-state index in [0.717, 1.165) is 49.5 Å². The van der Waals surface area contributed by atoms with Gasteiger partial charge in [0, 0.05) is 48.2 Å². The third-order valence-corrected chi connectivity index (χ3v) is 10.5. The average molecular weight is 677 g/mol. The van der Waals surface area contributed by atoms with Crippen molar-refractivity contribution in [1.82, 2.24) is 9.88 Å². The summed E-state index contributed by atoms with van der Waals surface area (Å²) in [5, 5.41) is 10.1. The fourth-order valence-electron chi connectivity index (χ4n) is 5.93. The summed E-state index contributed by atoms with van der Waals surface area (Å²) in [5.41, 5.74) is 1.53. The third-order valence-electron chi connectivity index (χ3n) is 8.39. The summed E-state index contributed by atoms with van der Waals surface area (Å²) in [6.07, 6.45) is 3.91. The minimum Gasteiger partial charge on any atom is -0.494 e. The number of rotatable bonds is 14. The number of ether oxygens (including phenoxy) is 4. The standard InChI is InChI=1S/C36H40N2O9S/c1-36(2,29(20-34(39)40)35(41)47-33-21-37-30-9-6-5-8-28(30)33)23-48(42,43)27-12-10-26(11-13-27)46-17-7-15-38-16-14-24-18-31(44-3)32(45-4)19-25(24)22-38/h5-6,8-13,18-21,37H,7,14-17,22-23H2,1-4H3,(H,39,40)/b29-20-. The maximum absolute atomic E-state index is 13.5. The predicted molar refractivity (Wildman–Crippen MR) is 181 cm³/mol. The van der Waals surface area contributed by atoms with E-state index in [4.69, 9.17) is 18.9 Å². The number of carboxylic acids is 1. The average Bonchev–Trinajstić information content (AvgIpc) is 3.46. The number of H-pyrrole nitrogens is 1. The molecule has 2 N–H and O–H groups in total. The van der Waals surface area contributed by atoms with Crippen LogP contribution in [0, 0.1) is 5.41 Å². The van der Waals surface area contributed by atoms with Gasteiger partial charge in [-0.3, -0.25) is 4.90 Å². The number of fused-ring (bicyclic) bond motifs is 2. The van der Waals surface area contributed by atoms with E-state index in [9.17, 15) is 23.1 Å². The Morgan fingerprint density at radius 3 is 2.35 bits per heavy atom. The van der Waals surface area contributed by atoms with Crippen LogP contribution in [0.4, 0.5) is 0 Å². The second-order valence-electron chi connectivity index (χ2n) is 12.3. The van der Waals surface area contributed by atoms with Crippen LogP contribution < -0.4 is 18.9 Å². The Balaban J connectivity index is 1.17. The molecule has 12 heteroatoms. The Hall–Kier alpha value is -4.81. The number of carbonyl (C=O) groups is 2. The molecule has 0 bridgehead atoms. The molecule has 0 fully saturated rings. The van der Waals surface area contributed by atoms with Crippen molar-refractivity contribution in [2.75, 3.05) is 39.7 Å². The summed E-state index contributed by atoms with van der Waals surface area (Å²) < 4.78 is 49.3. The van der Waals surface area contributed by atoms with E-state index in [1.54, 1.807) is 44.6 Å². The van der Waals surface area contributed by atoms with E-state index in [2.05, 4.69) is 9.88 Å². The quantitative estimate of drug-likeness (QED) is 0.101. The number of benzene rings is 3. The van der Waals surface area contributed by atoms with Crippen LogP contribution in [0.25, 0.3) is 10.9 Å². The molecule has 0 atom stereocenters. The van der Waals surface area contributed by atoms with Gasteiger partial charge in [0.25, 0.3) is 0 Å². The summed E-state index contributed by atoms with van der Waals surface area (Å²) in [6.45, 7) is 6.03. The predicted octanol–water partition coefficient (Wildman–Crippen LogP) is 5.43. The normalized spacial score (nSPS) is 14.0. The van der Waals surface area contributed by atoms with Crippen LogP contribution in [0.15, 0.2) is 83.4 Å². The minimum absolute atomic E-state index is 0.0293. The number of carboxylic acid groups (broad SMARTS) is 1. The van der Waals surface area contributed by atoms with Crippen LogP contribution in [0.5, 0.6) is 23.0 Å². The molecule has 0 spiro atoms. The molecule has 1 aliphatic rings. The number of aromatic nitrogens is 1. The zero-order valence-corrected chi connectivity index (χ0v) is 28.3. The van der Waals surface area contributed by atoms with Crippen molar-refractivity contribution in [2.24, 2.45) is 5.41 Å². The van der Waals surface area contributed by atoms with Gasteiger partial charge in [0.2, 0.25) is 0 Å². The highest BCUT2D eigenvalue weighted by Gasteiger charge is 2.36. The topological polar surface area (TPSA) is 144 Å². The van der Waals surface area contributed by atoms with Gasteiger partial charge in [-0.15, -0.1) is 0 Å². The van der Waals surface area contributed by atoms with E-state index in [1.807, 2.05) is 18.2 Å². The van der Waals surface area contributed by atoms with Crippen molar-refractivity contribution in [1.29, 1.82) is 0 Å². The fraction of sp³-hybridized carbons (Fsp3) is 0.333. The number of esters is 1.